The highest BCUT2D eigenvalue weighted by molar-refractivity contribution is 7.89. The molecule has 0 saturated carbocycles. The van der Waals surface area contributed by atoms with E-state index in [4.69, 9.17) is 23.2 Å². The van der Waals surface area contributed by atoms with Crippen LogP contribution in [0.25, 0.3) is 0 Å². The van der Waals surface area contributed by atoms with Gasteiger partial charge in [0.15, 0.2) is 0 Å². The van der Waals surface area contributed by atoms with Crippen LogP contribution in [0, 0.1) is 0 Å². The SMILES string of the molecule is O=S(=O)(c1cc(CCl)ccc1Cl)N1CCCCCC1. The van der Waals surface area contributed by atoms with Crippen molar-refractivity contribution < 1.29 is 8.42 Å². The number of hydrogen-bond acceptors (Lipinski definition) is 2. The van der Waals surface area contributed by atoms with Gasteiger partial charge >= 0.3 is 0 Å². The van der Waals surface area contributed by atoms with Gasteiger partial charge in [-0.15, -0.1) is 11.6 Å². The molecule has 0 bridgehead atoms. The molecule has 0 amide bonds. The molecule has 0 atom stereocenters. The average Bonchev–Trinajstić information content (AvgIpc) is 2.68. The Labute approximate surface area is 124 Å². The molecule has 1 aliphatic rings. The highest BCUT2D eigenvalue weighted by Gasteiger charge is 2.27. The van der Waals surface area contributed by atoms with E-state index >= 15 is 0 Å². The lowest BCUT2D eigenvalue weighted by atomic mass is 10.2. The Balaban J connectivity index is 2.37. The zero-order chi connectivity index (χ0) is 13.9. The van der Waals surface area contributed by atoms with Crippen molar-refractivity contribution >= 4 is 33.2 Å². The molecule has 1 aromatic rings. The summed E-state index contributed by atoms with van der Waals surface area (Å²) in [6.45, 7) is 1.15. The number of sulfonamides is 1. The predicted octanol–water partition coefficient (Wildman–Crippen LogP) is 3.64. The maximum atomic E-state index is 12.6. The number of alkyl halides is 1. The third-order valence-corrected chi connectivity index (χ3v) is 6.02. The van der Waals surface area contributed by atoms with Crippen molar-refractivity contribution in [2.75, 3.05) is 13.1 Å². The highest BCUT2D eigenvalue weighted by Crippen LogP contribution is 2.28. The van der Waals surface area contributed by atoms with Crippen LogP contribution in [0.2, 0.25) is 5.02 Å². The second-order valence-corrected chi connectivity index (χ2v) is 7.30. The van der Waals surface area contributed by atoms with E-state index in [1.807, 2.05) is 0 Å². The van der Waals surface area contributed by atoms with E-state index in [0.29, 0.717) is 13.1 Å². The van der Waals surface area contributed by atoms with Crippen LogP contribution in [-0.2, 0) is 15.9 Å². The van der Waals surface area contributed by atoms with Gasteiger partial charge in [0, 0.05) is 19.0 Å². The van der Waals surface area contributed by atoms with Gasteiger partial charge in [-0.2, -0.15) is 4.31 Å². The summed E-state index contributed by atoms with van der Waals surface area (Å²) in [5, 5.41) is 0.262. The first-order valence-electron chi connectivity index (χ1n) is 6.40. The van der Waals surface area contributed by atoms with Crippen LogP contribution in [-0.4, -0.2) is 25.8 Å². The molecule has 0 radical (unpaired) electrons. The zero-order valence-corrected chi connectivity index (χ0v) is 12.9. The molecule has 2 rings (SSSR count). The first-order valence-corrected chi connectivity index (χ1v) is 8.75. The standard InChI is InChI=1S/C13H17Cl2NO2S/c14-10-11-5-6-12(15)13(9-11)19(17,18)16-7-3-1-2-4-8-16/h5-6,9H,1-4,7-8,10H2. The maximum Gasteiger partial charge on any atom is 0.244 e. The Hall–Kier alpha value is -0.290. The number of hydrogen-bond donors (Lipinski definition) is 0. The molecular formula is C13H17Cl2NO2S. The molecule has 1 aromatic carbocycles. The van der Waals surface area contributed by atoms with E-state index in [1.54, 1.807) is 22.5 Å². The quantitative estimate of drug-likeness (QED) is 0.797. The third-order valence-electron chi connectivity index (χ3n) is 3.33. The molecule has 106 valence electrons. The largest absolute Gasteiger partial charge is 0.244 e. The number of benzene rings is 1. The Morgan fingerprint density at radius 2 is 1.74 bits per heavy atom. The van der Waals surface area contributed by atoms with Crippen LogP contribution >= 0.6 is 23.2 Å². The van der Waals surface area contributed by atoms with Crippen LogP contribution in [0.1, 0.15) is 31.2 Å². The second-order valence-electron chi connectivity index (χ2n) is 4.72. The molecule has 0 spiro atoms. The topological polar surface area (TPSA) is 37.4 Å². The highest BCUT2D eigenvalue weighted by atomic mass is 35.5. The van der Waals surface area contributed by atoms with Crippen molar-refractivity contribution in [2.24, 2.45) is 0 Å². The second kappa shape index (κ2) is 6.44. The van der Waals surface area contributed by atoms with E-state index in [0.717, 1.165) is 31.2 Å². The Morgan fingerprint density at radius 3 is 2.32 bits per heavy atom. The minimum atomic E-state index is -3.51. The van der Waals surface area contributed by atoms with E-state index in [-0.39, 0.29) is 15.8 Å². The van der Waals surface area contributed by atoms with Crippen LogP contribution in [0.5, 0.6) is 0 Å². The summed E-state index contributed by atoms with van der Waals surface area (Å²) in [4.78, 5) is 0.175. The fraction of sp³-hybridized carbons (Fsp3) is 0.538. The van der Waals surface area contributed by atoms with Crippen LogP contribution in [0.15, 0.2) is 23.1 Å². The molecule has 1 fully saturated rings. The smallest absolute Gasteiger partial charge is 0.207 e. The molecule has 19 heavy (non-hydrogen) atoms. The fourth-order valence-corrected chi connectivity index (χ4v) is 4.46. The van der Waals surface area contributed by atoms with E-state index in [9.17, 15) is 8.42 Å². The first-order chi connectivity index (χ1) is 9.05. The first kappa shape index (κ1) is 15.1. The van der Waals surface area contributed by atoms with Crippen LogP contribution < -0.4 is 0 Å². The molecule has 6 heteroatoms. The van der Waals surface area contributed by atoms with Gasteiger partial charge in [-0.05, 0) is 30.5 Å². The van der Waals surface area contributed by atoms with E-state index in [1.165, 1.54) is 0 Å². The zero-order valence-electron chi connectivity index (χ0n) is 10.6. The minimum absolute atomic E-state index is 0.175. The summed E-state index contributed by atoms with van der Waals surface area (Å²) in [6.07, 6.45) is 3.99. The van der Waals surface area contributed by atoms with E-state index in [2.05, 4.69) is 0 Å². The molecule has 0 unspecified atom stereocenters. The average molecular weight is 322 g/mol. The monoisotopic (exact) mass is 321 g/mol. The molecule has 0 aliphatic carbocycles. The summed E-state index contributed by atoms with van der Waals surface area (Å²) in [6, 6.07) is 4.93. The Kier molecular flexibility index (Phi) is 5.12. The minimum Gasteiger partial charge on any atom is -0.207 e. The van der Waals surface area contributed by atoms with Crippen molar-refractivity contribution in [3.63, 3.8) is 0 Å². The molecule has 1 saturated heterocycles. The number of halogens is 2. The Morgan fingerprint density at radius 1 is 1.11 bits per heavy atom. The third kappa shape index (κ3) is 3.43. The summed E-state index contributed by atoms with van der Waals surface area (Å²) >= 11 is 11.8. The molecule has 1 heterocycles. The van der Waals surface area contributed by atoms with Crippen LogP contribution in [0.4, 0.5) is 0 Å². The summed E-state index contributed by atoms with van der Waals surface area (Å²) in [7, 11) is -3.51. The van der Waals surface area contributed by atoms with Gasteiger partial charge < -0.3 is 0 Å². The Bertz CT molecular complexity index is 538. The van der Waals surface area contributed by atoms with Crippen molar-refractivity contribution in [1.82, 2.24) is 4.31 Å². The van der Waals surface area contributed by atoms with Gasteiger partial charge in [-0.25, -0.2) is 8.42 Å². The van der Waals surface area contributed by atoms with Crippen molar-refractivity contribution in [2.45, 2.75) is 36.5 Å². The van der Waals surface area contributed by atoms with Gasteiger partial charge in [-0.3, -0.25) is 0 Å². The fourth-order valence-electron chi connectivity index (χ4n) is 2.25. The van der Waals surface area contributed by atoms with Crippen molar-refractivity contribution in [3.8, 4) is 0 Å². The maximum absolute atomic E-state index is 12.6. The number of nitrogens with zero attached hydrogens (tertiary/aromatic N) is 1. The molecule has 0 aromatic heterocycles. The van der Waals surface area contributed by atoms with Crippen molar-refractivity contribution in [3.05, 3.63) is 28.8 Å². The summed E-state index contributed by atoms with van der Waals surface area (Å²) in [5.74, 6) is 0.277. The normalized spacial score (nSPS) is 18.2. The van der Waals surface area contributed by atoms with Gasteiger partial charge in [0.05, 0.1) is 5.02 Å². The lowest BCUT2D eigenvalue weighted by molar-refractivity contribution is 0.423. The van der Waals surface area contributed by atoms with Crippen molar-refractivity contribution in [1.29, 1.82) is 0 Å². The predicted molar refractivity (Wildman–Crippen MR) is 78.2 cm³/mol. The molecule has 0 N–H and O–H groups in total. The van der Waals surface area contributed by atoms with Gasteiger partial charge in [0.2, 0.25) is 10.0 Å². The summed E-state index contributed by atoms with van der Waals surface area (Å²) < 4.78 is 26.8. The lowest BCUT2D eigenvalue weighted by Crippen LogP contribution is -2.32. The van der Waals surface area contributed by atoms with Gasteiger partial charge in [0.25, 0.3) is 0 Å². The van der Waals surface area contributed by atoms with Crippen LogP contribution in [0.3, 0.4) is 0 Å². The lowest BCUT2D eigenvalue weighted by Gasteiger charge is -2.20. The molecular weight excluding hydrogens is 305 g/mol. The summed E-state index contributed by atoms with van der Waals surface area (Å²) in [5.41, 5.74) is 0.763. The number of rotatable bonds is 3. The van der Waals surface area contributed by atoms with Gasteiger partial charge in [0.1, 0.15) is 4.90 Å². The molecule has 1 aliphatic heterocycles. The molecule has 3 nitrogen and oxygen atoms in total. The van der Waals surface area contributed by atoms with Gasteiger partial charge in [-0.1, -0.05) is 30.5 Å². The van der Waals surface area contributed by atoms with E-state index < -0.39 is 10.0 Å².